The molecule has 3 N–H and O–H groups in total. The molecule has 3 saturated heterocycles. The molecule has 2 aromatic carbocycles. The van der Waals surface area contributed by atoms with Gasteiger partial charge in [0, 0.05) is 56.4 Å². The normalized spacial score (nSPS) is 23.5. The zero-order valence-electron chi connectivity index (χ0n) is 35.6. The van der Waals surface area contributed by atoms with Crippen LogP contribution >= 0.6 is 0 Å². The molecule has 0 bridgehead atoms. The van der Waals surface area contributed by atoms with Crippen LogP contribution in [-0.2, 0) is 14.4 Å². The van der Waals surface area contributed by atoms with Gasteiger partial charge in [-0.25, -0.2) is 4.98 Å². The Morgan fingerprint density at radius 3 is 2.45 bits per heavy atom. The molecule has 14 nitrogen and oxygen atoms in total. The number of hydrogen-bond acceptors (Lipinski definition) is 11. The minimum Gasteiger partial charge on any atom is -0.495 e. The maximum Gasteiger partial charge on any atom is 0.342 e. The summed E-state index contributed by atoms with van der Waals surface area (Å²) >= 11 is 0. The van der Waals surface area contributed by atoms with Crippen LogP contribution in [0.25, 0.3) is 0 Å². The number of benzene rings is 2. The van der Waals surface area contributed by atoms with Gasteiger partial charge in [-0.3, -0.25) is 24.5 Å². The zero-order chi connectivity index (χ0) is 43.2. The fraction of sp³-hybridized carbons (Fsp3) is 0.565. The molecule has 16 heteroatoms. The molecule has 1 unspecified atom stereocenters. The summed E-state index contributed by atoms with van der Waals surface area (Å²) in [5.74, 6) is -4.16. The van der Waals surface area contributed by atoms with Crippen molar-refractivity contribution in [2.45, 2.75) is 101 Å². The number of rotatable bonds is 10. The van der Waals surface area contributed by atoms with Crippen molar-refractivity contribution in [3.05, 3.63) is 59.8 Å². The Morgan fingerprint density at radius 1 is 0.968 bits per heavy atom. The van der Waals surface area contributed by atoms with E-state index in [1.807, 2.05) is 12.1 Å². The van der Waals surface area contributed by atoms with Gasteiger partial charge in [-0.2, -0.15) is 13.8 Å². The number of aromatic nitrogens is 2. The molecule has 3 aromatic rings. The van der Waals surface area contributed by atoms with E-state index >= 15 is 8.78 Å². The zero-order valence-corrected chi connectivity index (χ0v) is 35.6. The van der Waals surface area contributed by atoms with Gasteiger partial charge in [0.1, 0.15) is 11.4 Å². The lowest BCUT2D eigenvalue weighted by Gasteiger charge is -2.52. The Morgan fingerprint density at radius 2 is 1.73 bits per heavy atom. The molecule has 0 radical (unpaired) electrons. The second-order valence-electron chi connectivity index (χ2n) is 18.5. The van der Waals surface area contributed by atoms with Crippen LogP contribution in [0.5, 0.6) is 5.75 Å². The van der Waals surface area contributed by atoms with Gasteiger partial charge in [0.15, 0.2) is 5.82 Å². The summed E-state index contributed by atoms with van der Waals surface area (Å²) in [5.41, 5.74) is 3.61. The molecule has 1 aromatic heterocycles. The van der Waals surface area contributed by atoms with Crippen molar-refractivity contribution in [2.75, 3.05) is 73.4 Å². The number of halogens is 2. The number of carbonyl (C=O) groups excluding carboxylic acids is 4. The van der Waals surface area contributed by atoms with Crippen LogP contribution in [0, 0.1) is 11.3 Å². The van der Waals surface area contributed by atoms with E-state index in [-0.39, 0.29) is 58.6 Å². The average Bonchev–Trinajstić information content (AvgIpc) is 3.79. The summed E-state index contributed by atoms with van der Waals surface area (Å²) < 4.78 is 35.8. The number of alkyl halides is 2. The van der Waals surface area contributed by atoms with E-state index in [4.69, 9.17) is 4.74 Å². The molecule has 5 fully saturated rings. The smallest absolute Gasteiger partial charge is 0.342 e. The first-order valence-corrected chi connectivity index (χ1v) is 22.3. The predicted octanol–water partition coefficient (Wildman–Crippen LogP) is 6.00. The topological polar surface area (TPSA) is 152 Å². The Labute approximate surface area is 361 Å². The number of carbonyl (C=O) groups is 4. The molecule has 4 aliphatic heterocycles. The quantitative estimate of drug-likeness (QED) is 0.206. The van der Waals surface area contributed by atoms with Gasteiger partial charge in [-0.1, -0.05) is 25.0 Å². The molecule has 2 aliphatic carbocycles. The number of nitrogens with one attached hydrogen (secondary N) is 3. The van der Waals surface area contributed by atoms with Crippen molar-refractivity contribution in [1.82, 2.24) is 25.5 Å². The second-order valence-corrected chi connectivity index (χ2v) is 18.5. The molecule has 62 heavy (non-hydrogen) atoms. The minimum atomic E-state index is -3.57. The van der Waals surface area contributed by atoms with Crippen LogP contribution in [0.15, 0.2) is 48.7 Å². The standard InChI is InChI=1S/C46H57F2N9O5/c1-54-37-26-49-44(53-40(37)57(33-7-3-4-8-33)28-46(47,48)43(54)61)51-36-12-10-31(23-38(36)62-2)41(59)50-32-24-45(25-32)16-20-55(21-17-45)27-29-14-18-56(19-15-29)34-9-5-6-30(22-34)35-11-13-39(58)52-42(35)60/h5-6,9-10,12,22-23,26,29,32-33,35H,3-4,7-8,11,13-21,24-25,27-28H2,1-2H3,(H,50,59)(H,49,51,53)(H,52,58,60). The van der Waals surface area contributed by atoms with Gasteiger partial charge in [0.25, 0.3) is 11.8 Å². The van der Waals surface area contributed by atoms with Gasteiger partial charge in [0.2, 0.25) is 17.8 Å². The first-order valence-electron chi connectivity index (χ1n) is 22.3. The SMILES string of the molecule is COc1cc(C(=O)NC2CC3(CCN(CC4CCN(c5cccc(C6CCC(=O)NC6=O)c5)CC4)CC3)C2)ccc1Nc1ncc2c(n1)N(C1CCCC1)CC(F)(F)C(=O)N2C. The summed E-state index contributed by atoms with van der Waals surface area (Å²) in [6.07, 6.45) is 12.2. The van der Waals surface area contributed by atoms with Gasteiger partial charge >= 0.3 is 5.92 Å². The van der Waals surface area contributed by atoms with Crippen LogP contribution in [0.1, 0.15) is 98.9 Å². The van der Waals surface area contributed by atoms with Crippen LogP contribution in [-0.4, -0.2) is 110 Å². The Kier molecular flexibility index (Phi) is 11.5. The minimum absolute atomic E-state index is 0.115. The van der Waals surface area contributed by atoms with Crippen molar-refractivity contribution < 1.29 is 32.7 Å². The Hall–Kier alpha value is -5.38. The van der Waals surface area contributed by atoms with Crippen molar-refractivity contribution >= 4 is 52.5 Å². The van der Waals surface area contributed by atoms with E-state index in [0.29, 0.717) is 35.8 Å². The molecule has 1 atom stereocenters. The van der Waals surface area contributed by atoms with E-state index in [9.17, 15) is 19.2 Å². The number of methoxy groups -OCH3 is 1. The summed E-state index contributed by atoms with van der Waals surface area (Å²) in [6.45, 7) is 4.51. The molecule has 1 spiro atoms. The largest absolute Gasteiger partial charge is 0.495 e. The van der Waals surface area contributed by atoms with E-state index in [1.165, 1.54) is 20.4 Å². The molecular formula is C46H57F2N9O5. The number of nitrogens with zero attached hydrogens (tertiary/aromatic N) is 6. The fourth-order valence-corrected chi connectivity index (χ4v) is 10.8. The van der Waals surface area contributed by atoms with Crippen LogP contribution in [0.4, 0.5) is 37.6 Å². The average molecular weight is 854 g/mol. The van der Waals surface area contributed by atoms with Crippen molar-refractivity contribution in [3.63, 3.8) is 0 Å². The van der Waals surface area contributed by atoms with Gasteiger partial charge in [-0.05, 0) is 118 Å². The summed E-state index contributed by atoms with van der Waals surface area (Å²) in [5, 5.41) is 8.88. The number of hydrogen-bond donors (Lipinski definition) is 3. The van der Waals surface area contributed by atoms with Crippen LogP contribution < -0.4 is 35.4 Å². The number of ether oxygens (including phenoxy) is 1. The highest BCUT2D eigenvalue weighted by atomic mass is 19.3. The first kappa shape index (κ1) is 41.9. The number of anilines is 5. The summed E-state index contributed by atoms with van der Waals surface area (Å²) in [7, 11) is 2.84. The van der Waals surface area contributed by atoms with Crippen molar-refractivity contribution in [2.24, 2.45) is 11.3 Å². The number of imide groups is 1. The molecule has 5 heterocycles. The molecule has 330 valence electrons. The van der Waals surface area contributed by atoms with Crippen molar-refractivity contribution in [1.29, 1.82) is 0 Å². The number of fused-ring (bicyclic) bond motifs is 1. The molecule has 6 aliphatic rings. The van der Waals surface area contributed by atoms with Crippen LogP contribution in [0.3, 0.4) is 0 Å². The third-order valence-electron chi connectivity index (χ3n) is 14.5. The maximum atomic E-state index is 15.1. The maximum absolute atomic E-state index is 15.1. The van der Waals surface area contributed by atoms with Gasteiger partial charge in [0.05, 0.1) is 31.5 Å². The van der Waals surface area contributed by atoms with Crippen LogP contribution in [0.2, 0.25) is 0 Å². The third kappa shape index (κ3) is 8.54. The highest BCUT2D eigenvalue weighted by Gasteiger charge is 2.49. The summed E-state index contributed by atoms with van der Waals surface area (Å²) in [6, 6.07) is 13.4. The third-order valence-corrected chi connectivity index (χ3v) is 14.5. The Balaban J connectivity index is 0.744. The van der Waals surface area contributed by atoms with Gasteiger partial charge < -0.3 is 35.0 Å². The fourth-order valence-electron chi connectivity index (χ4n) is 10.8. The molecule has 4 amide bonds. The lowest BCUT2D eigenvalue weighted by molar-refractivity contribution is -0.140. The highest BCUT2D eigenvalue weighted by Crippen LogP contribution is 2.49. The summed E-state index contributed by atoms with van der Waals surface area (Å²) in [4.78, 5) is 66.9. The molecular weight excluding hydrogens is 797 g/mol. The lowest BCUT2D eigenvalue weighted by Crippen LogP contribution is -2.55. The lowest BCUT2D eigenvalue weighted by atomic mass is 9.60. The number of likely N-dealkylation sites (tertiary alicyclic amines) is 1. The van der Waals surface area contributed by atoms with E-state index < -0.39 is 18.4 Å². The van der Waals surface area contributed by atoms with E-state index in [2.05, 4.69) is 47.9 Å². The number of piperidine rings is 3. The van der Waals surface area contributed by atoms with E-state index in [0.717, 1.165) is 113 Å². The Bertz CT molecular complexity index is 2190. The number of amides is 4. The monoisotopic (exact) mass is 853 g/mol. The van der Waals surface area contributed by atoms with Crippen molar-refractivity contribution in [3.8, 4) is 5.75 Å². The molecule has 2 saturated carbocycles. The first-order chi connectivity index (χ1) is 29.9. The highest BCUT2D eigenvalue weighted by molar-refractivity contribution is 6.02. The van der Waals surface area contributed by atoms with E-state index in [1.54, 1.807) is 23.1 Å². The second kappa shape index (κ2) is 17.1. The molecule has 9 rings (SSSR count). The predicted molar refractivity (Wildman–Crippen MR) is 231 cm³/mol. The van der Waals surface area contributed by atoms with Gasteiger partial charge in [-0.15, -0.1) is 0 Å².